The van der Waals surface area contributed by atoms with Crippen molar-refractivity contribution in [3.05, 3.63) is 29.8 Å². The van der Waals surface area contributed by atoms with Gasteiger partial charge < -0.3 is 10.5 Å². The third-order valence-electron chi connectivity index (χ3n) is 2.61. The fourth-order valence-corrected chi connectivity index (χ4v) is 1.53. The van der Waals surface area contributed by atoms with Crippen LogP contribution in [0, 0.1) is 0 Å². The van der Waals surface area contributed by atoms with Crippen molar-refractivity contribution in [3.63, 3.8) is 0 Å². The van der Waals surface area contributed by atoms with E-state index >= 15 is 0 Å². The maximum absolute atomic E-state index is 11.7. The van der Waals surface area contributed by atoms with Gasteiger partial charge in [0.1, 0.15) is 12.3 Å². The second kappa shape index (κ2) is 6.46. The summed E-state index contributed by atoms with van der Waals surface area (Å²) in [5.74, 6) is 0.395. The fourth-order valence-electron chi connectivity index (χ4n) is 1.53. The minimum absolute atomic E-state index is 0.0146. The lowest BCUT2D eigenvalue weighted by Gasteiger charge is -2.04. The van der Waals surface area contributed by atoms with Crippen molar-refractivity contribution in [2.75, 3.05) is 12.8 Å². The number of hydrogen-bond acceptors (Lipinski definition) is 7. The molecule has 9 heteroatoms. The first-order chi connectivity index (χ1) is 10.1. The SMILES string of the molecule is COc1ccc(/C(C)=N/NC(=O)Cn2nnc(N)n2)cc1. The van der Waals surface area contributed by atoms with E-state index in [2.05, 4.69) is 25.9 Å². The number of hydrazone groups is 1. The van der Waals surface area contributed by atoms with Gasteiger partial charge in [0.2, 0.25) is 0 Å². The Kier molecular flexibility index (Phi) is 4.44. The Morgan fingerprint density at radius 2 is 2.14 bits per heavy atom. The van der Waals surface area contributed by atoms with E-state index in [4.69, 9.17) is 10.5 Å². The Balaban J connectivity index is 1.94. The molecule has 0 aliphatic heterocycles. The van der Waals surface area contributed by atoms with Crippen LogP contribution in [-0.4, -0.2) is 38.9 Å². The van der Waals surface area contributed by atoms with Gasteiger partial charge in [-0.1, -0.05) is 5.10 Å². The molecule has 0 bridgehead atoms. The Hall–Kier alpha value is -2.97. The molecule has 0 unspecified atom stereocenters. The van der Waals surface area contributed by atoms with Crippen LogP contribution in [0.25, 0.3) is 0 Å². The zero-order chi connectivity index (χ0) is 15.2. The van der Waals surface area contributed by atoms with Gasteiger partial charge in [-0.05, 0) is 42.0 Å². The molecule has 0 spiro atoms. The van der Waals surface area contributed by atoms with Gasteiger partial charge in [0.15, 0.2) is 0 Å². The average Bonchev–Trinajstić information content (AvgIpc) is 2.90. The van der Waals surface area contributed by atoms with E-state index in [1.807, 2.05) is 24.3 Å². The van der Waals surface area contributed by atoms with Crippen LogP contribution >= 0.6 is 0 Å². The minimum Gasteiger partial charge on any atom is -0.497 e. The summed E-state index contributed by atoms with van der Waals surface area (Å²) in [6.45, 7) is 1.68. The normalized spacial score (nSPS) is 11.2. The lowest BCUT2D eigenvalue weighted by atomic mass is 10.1. The number of nitrogen functional groups attached to an aromatic ring is 1. The Bertz CT molecular complexity index is 648. The van der Waals surface area contributed by atoms with Gasteiger partial charge in [0, 0.05) is 0 Å². The lowest BCUT2D eigenvalue weighted by molar-refractivity contribution is -0.122. The van der Waals surface area contributed by atoms with Gasteiger partial charge in [0.05, 0.1) is 12.8 Å². The van der Waals surface area contributed by atoms with E-state index in [9.17, 15) is 4.79 Å². The van der Waals surface area contributed by atoms with Gasteiger partial charge in [-0.15, -0.1) is 5.10 Å². The summed E-state index contributed by atoms with van der Waals surface area (Å²) in [4.78, 5) is 12.7. The predicted molar refractivity (Wildman–Crippen MR) is 75.6 cm³/mol. The van der Waals surface area contributed by atoms with Gasteiger partial charge >= 0.3 is 0 Å². The molecular formula is C12H15N7O2. The molecule has 1 aromatic carbocycles. The van der Waals surface area contributed by atoms with Crippen molar-refractivity contribution < 1.29 is 9.53 Å². The number of anilines is 1. The average molecular weight is 289 g/mol. The lowest BCUT2D eigenvalue weighted by Crippen LogP contribution is -2.25. The van der Waals surface area contributed by atoms with Crippen LogP contribution in [0.3, 0.4) is 0 Å². The Labute approximate surface area is 120 Å². The molecule has 0 aliphatic rings. The molecule has 110 valence electrons. The van der Waals surface area contributed by atoms with Crippen molar-refractivity contribution in [2.45, 2.75) is 13.5 Å². The third kappa shape index (κ3) is 4.00. The summed E-state index contributed by atoms with van der Waals surface area (Å²) in [6.07, 6.45) is 0. The smallest absolute Gasteiger partial charge is 0.263 e. The standard InChI is InChI=1S/C12H15N7O2/c1-8(9-3-5-10(21-2)6-4-9)14-15-11(20)7-19-17-12(13)16-18-19/h3-6H,7H2,1-2H3,(H2,13,17)(H,15,20)/b14-8+. The van der Waals surface area contributed by atoms with Crippen LogP contribution in [0.5, 0.6) is 5.75 Å². The van der Waals surface area contributed by atoms with Gasteiger partial charge in [-0.25, -0.2) is 5.43 Å². The first-order valence-corrected chi connectivity index (χ1v) is 6.09. The Morgan fingerprint density at radius 3 is 2.71 bits per heavy atom. The second-order valence-electron chi connectivity index (χ2n) is 4.14. The summed E-state index contributed by atoms with van der Waals surface area (Å²) >= 11 is 0. The number of aromatic nitrogens is 4. The number of nitrogens with two attached hydrogens (primary N) is 1. The molecule has 2 rings (SSSR count). The number of benzene rings is 1. The molecule has 0 radical (unpaired) electrons. The molecule has 2 aromatic rings. The van der Waals surface area contributed by atoms with E-state index in [1.165, 1.54) is 0 Å². The van der Waals surface area contributed by atoms with E-state index in [1.54, 1.807) is 14.0 Å². The monoisotopic (exact) mass is 289 g/mol. The van der Waals surface area contributed by atoms with E-state index in [-0.39, 0.29) is 18.4 Å². The summed E-state index contributed by atoms with van der Waals surface area (Å²) in [5.41, 5.74) is 9.25. The first-order valence-electron chi connectivity index (χ1n) is 6.09. The number of rotatable bonds is 5. The molecule has 1 amide bonds. The van der Waals surface area contributed by atoms with Crippen LogP contribution in [0.2, 0.25) is 0 Å². The van der Waals surface area contributed by atoms with E-state index < -0.39 is 0 Å². The van der Waals surface area contributed by atoms with Crippen molar-refractivity contribution >= 4 is 17.6 Å². The maximum Gasteiger partial charge on any atom is 0.263 e. The number of tetrazole rings is 1. The molecule has 9 nitrogen and oxygen atoms in total. The summed E-state index contributed by atoms with van der Waals surface area (Å²) in [6, 6.07) is 7.34. The second-order valence-corrected chi connectivity index (χ2v) is 4.14. The molecule has 1 aromatic heterocycles. The molecule has 1 heterocycles. The summed E-state index contributed by atoms with van der Waals surface area (Å²) in [5, 5.41) is 14.8. The van der Waals surface area contributed by atoms with Gasteiger partial charge in [0.25, 0.3) is 11.9 Å². The number of nitrogens with one attached hydrogen (secondary N) is 1. The first kappa shape index (κ1) is 14.4. The highest BCUT2D eigenvalue weighted by Gasteiger charge is 2.05. The number of nitrogens with zero attached hydrogens (tertiary/aromatic N) is 5. The van der Waals surface area contributed by atoms with E-state index in [0.717, 1.165) is 16.1 Å². The van der Waals surface area contributed by atoms with E-state index in [0.29, 0.717) is 5.71 Å². The zero-order valence-corrected chi connectivity index (χ0v) is 11.6. The number of hydrogen-bond donors (Lipinski definition) is 2. The highest BCUT2D eigenvalue weighted by molar-refractivity contribution is 5.99. The Morgan fingerprint density at radius 1 is 1.43 bits per heavy atom. The molecule has 21 heavy (non-hydrogen) atoms. The van der Waals surface area contributed by atoms with Crippen LogP contribution in [0.1, 0.15) is 12.5 Å². The number of carbonyl (C=O) groups excluding carboxylic acids is 1. The molecule has 0 aliphatic carbocycles. The molecule has 0 saturated carbocycles. The van der Waals surface area contributed by atoms with Crippen LogP contribution < -0.4 is 15.9 Å². The van der Waals surface area contributed by atoms with Gasteiger partial charge in [-0.3, -0.25) is 4.79 Å². The number of ether oxygens (including phenoxy) is 1. The van der Waals surface area contributed by atoms with Crippen molar-refractivity contribution in [1.82, 2.24) is 25.6 Å². The van der Waals surface area contributed by atoms with Crippen LogP contribution in [-0.2, 0) is 11.3 Å². The van der Waals surface area contributed by atoms with Crippen molar-refractivity contribution in [2.24, 2.45) is 5.10 Å². The quantitative estimate of drug-likeness (QED) is 0.581. The zero-order valence-electron chi connectivity index (χ0n) is 11.6. The molecule has 0 atom stereocenters. The van der Waals surface area contributed by atoms with Gasteiger partial charge in [-0.2, -0.15) is 9.90 Å². The summed E-state index contributed by atoms with van der Waals surface area (Å²) < 4.78 is 5.07. The van der Waals surface area contributed by atoms with Crippen molar-refractivity contribution in [3.8, 4) is 5.75 Å². The van der Waals surface area contributed by atoms with Crippen molar-refractivity contribution in [1.29, 1.82) is 0 Å². The highest BCUT2D eigenvalue weighted by Crippen LogP contribution is 2.11. The topological polar surface area (TPSA) is 120 Å². The summed E-state index contributed by atoms with van der Waals surface area (Å²) in [7, 11) is 1.60. The van der Waals surface area contributed by atoms with Crippen LogP contribution in [0.15, 0.2) is 29.4 Å². The van der Waals surface area contributed by atoms with Crippen LogP contribution in [0.4, 0.5) is 5.95 Å². The predicted octanol–water partition coefficient (Wildman–Crippen LogP) is -0.196. The number of amides is 1. The fraction of sp³-hybridized carbons (Fsp3) is 0.250. The third-order valence-corrected chi connectivity index (χ3v) is 2.61. The molecule has 3 N–H and O–H groups in total. The molecular weight excluding hydrogens is 274 g/mol. The maximum atomic E-state index is 11.7. The number of carbonyl (C=O) groups is 1. The molecule has 0 fully saturated rings. The minimum atomic E-state index is -0.375. The number of methoxy groups -OCH3 is 1. The highest BCUT2D eigenvalue weighted by atomic mass is 16.5. The largest absolute Gasteiger partial charge is 0.497 e. The molecule has 0 saturated heterocycles.